The van der Waals surface area contributed by atoms with E-state index in [1.165, 1.54) is 11.1 Å². The van der Waals surface area contributed by atoms with Gasteiger partial charge in [0.1, 0.15) is 6.54 Å². The SMILES string of the molecule is CC1(C)C(/C=C/C2=C(Sc3ccc(C(=O)O)cc3)C(=C/C=C3\N(CCCCS(=O)(=O)O)c4ccccc4C3(C)C)/CCC2)=[N+](CCCCS(=O)(=O)O)c2ccccc21. The van der Waals surface area contributed by atoms with Gasteiger partial charge in [-0.05, 0) is 105 Å². The Bertz CT molecular complexity index is 2440. The Labute approximate surface area is 347 Å². The summed E-state index contributed by atoms with van der Waals surface area (Å²) in [6, 6.07) is 23.5. The van der Waals surface area contributed by atoms with Crippen molar-refractivity contribution >= 4 is 55.1 Å². The van der Waals surface area contributed by atoms with Crippen LogP contribution in [0.15, 0.2) is 124 Å². The molecule has 0 saturated carbocycles. The zero-order valence-electron chi connectivity index (χ0n) is 33.5. The topological polar surface area (TPSA) is 152 Å². The number of anilines is 1. The third-order valence-corrected chi connectivity index (χ3v) is 14.2. The Balaban J connectivity index is 1.41. The molecule has 0 amide bonds. The van der Waals surface area contributed by atoms with E-state index in [0.29, 0.717) is 38.8 Å². The molecular formula is C45H53N2O8S3+. The number of hydrogen-bond donors (Lipinski definition) is 3. The first-order valence-corrected chi connectivity index (χ1v) is 23.8. The molecule has 0 fully saturated rings. The maximum Gasteiger partial charge on any atom is 0.335 e. The van der Waals surface area contributed by atoms with Crippen molar-refractivity contribution in [2.75, 3.05) is 29.5 Å². The molecule has 0 aromatic heterocycles. The van der Waals surface area contributed by atoms with Gasteiger partial charge in [-0.1, -0.05) is 74.2 Å². The van der Waals surface area contributed by atoms with Gasteiger partial charge in [0.15, 0.2) is 5.71 Å². The first kappa shape index (κ1) is 43.3. The summed E-state index contributed by atoms with van der Waals surface area (Å²) in [4.78, 5) is 16.0. The number of benzene rings is 3. The number of rotatable bonds is 16. The molecule has 1 aliphatic carbocycles. The maximum absolute atomic E-state index is 11.7. The van der Waals surface area contributed by atoms with E-state index < -0.39 is 26.2 Å². The van der Waals surface area contributed by atoms with Gasteiger partial charge in [0, 0.05) is 57.3 Å². The largest absolute Gasteiger partial charge is 0.478 e. The fraction of sp³-hybridized carbons (Fsp3) is 0.378. The van der Waals surface area contributed by atoms with Crippen LogP contribution in [0.3, 0.4) is 0 Å². The number of carbonyl (C=O) groups is 1. The summed E-state index contributed by atoms with van der Waals surface area (Å²) in [5, 5.41) is 9.57. The summed E-state index contributed by atoms with van der Waals surface area (Å²) in [5.74, 6) is -1.54. The minimum Gasteiger partial charge on any atom is -0.478 e. The molecule has 0 saturated heterocycles. The monoisotopic (exact) mass is 845 g/mol. The second-order valence-corrected chi connectivity index (χ2v) is 20.4. The lowest BCUT2D eigenvalue weighted by Gasteiger charge is -2.27. The number of carboxylic acids is 1. The first-order valence-electron chi connectivity index (χ1n) is 19.7. The summed E-state index contributed by atoms with van der Waals surface area (Å²) in [5.41, 5.74) is 8.60. The molecule has 13 heteroatoms. The van der Waals surface area contributed by atoms with Crippen molar-refractivity contribution in [3.05, 3.63) is 136 Å². The highest BCUT2D eigenvalue weighted by atomic mass is 32.2. The number of aromatic carboxylic acids is 1. The van der Waals surface area contributed by atoms with Gasteiger partial charge in [0.25, 0.3) is 20.2 Å². The standard InChI is InChI=1S/C45H52N2O8S3/c1-44(2)36-16-5-7-18-38(36)46(28-9-11-30-57(50,51)52)40(44)26-22-32-14-13-15-33(42(32)56-35-24-20-34(21-25-35)43(48)49)23-27-41-45(3,4)37-17-6-8-19-39(37)47(41)29-10-12-31-58(53,54)55/h5-8,16-27H,9-15,28-31H2,1-4H3,(H2-,48,49,50,51,52,53,54,55)/p+1. The molecule has 0 spiro atoms. The van der Waals surface area contributed by atoms with Crippen LogP contribution in [-0.4, -0.2) is 71.9 Å². The van der Waals surface area contributed by atoms with Crippen molar-refractivity contribution in [2.45, 2.75) is 88.4 Å². The molecule has 2 heterocycles. The lowest BCUT2D eigenvalue weighted by Crippen LogP contribution is -2.28. The average Bonchev–Trinajstić information content (AvgIpc) is 3.51. The van der Waals surface area contributed by atoms with Crippen LogP contribution in [0, 0.1) is 0 Å². The molecule has 0 unspecified atom stereocenters. The quantitative estimate of drug-likeness (QED) is 0.0722. The zero-order chi connectivity index (χ0) is 41.9. The molecule has 0 bridgehead atoms. The Hall–Kier alpha value is -4.27. The first-order chi connectivity index (χ1) is 27.4. The van der Waals surface area contributed by atoms with Crippen molar-refractivity contribution in [1.82, 2.24) is 0 Å². The van der Waals surface area contributed by atoms with E-state index in [1.807, 2.05) is 36.4 Å². The normalized spacial score (nSPS) is 19.1. The highest BCUT2D eigenvalue weighted by Crippen LogP contribution is 2.49. The molecule has 3 N–H and O–H groups in total. The lowest BCUT2D eigenvalue weighted by molar-refractivity contribution is -0.438. The number of nitrogens with zero attached hydrogens (tertiary/aromatic N) is 2. The summed E-state index contributed by atoms with van der Waals surface area (Å²) in [7, 11) is -8.09. The highest BCUT2D eigenvalue weighted by Gasteiger charge is 2.44. The van der Waals surface area contributed by atoms with Gasteiger partial charge in [0.2, 0.25) is 5.69 Å². The van der Waals surface area contributed by atoms with E-state index in [9.17, 15) is 35.8 Å². The third kappa shape index (κ3) is 9.94. The van der Waals surface area contributed by atoms with Gasteiger partial charge in [-0.25, -0.2) is 4.79 Å². The van der Waals surface area contributed by atoms with Crippen LogP contribution in [0.1, 0.15) is 94.1 Å². The van der Waals surface area contributed by atoms with Crippen LogP contribution in [0.2, 0.25) is 0 Å². The van der Waals surface area contributed by atoms with Gasteiger partial charge >= 0.3 is 5.97 Å². The zero-order valence-corrected chi connectivity index (χ0v) is 36.0. The second-order valence-electron chi connectivity index (χ2n) is 16.2. The van der Waals surface area contributed by atoms with Crippen molar-refractivity contribution in [1.29, 1.82) is 0 Å². The van der Waals surface area contributed by atoms with E-state index in [4.69, 9.17) is 0 Å². The van der Waals surface area contributed by atoms with Crippen LogP contribution < -0.4 is 4.90 Å². The minimum absolute atomic E-state index is 0.221. The third-order valence-electron chi connectivity index (χ3n) is 11.3. The molecule has 0 atom stereocenters. The summed E-state index contributed by atoms with van der Waals surface area (Å²) in [6.07, 6.45) is 13.3. The summed E-state index contributed by atoms with van der Waals surface area (Å²) < 4.78 is 66.8. The fourth-order valence-electron chi connectivity index (χ4n) is 8.37. The van der Waals surface area contributed by atoms with Crippen LogP contribution in [0.5, 0.6) is 0 Å². The second kappa shape index (κ2) is 17.5. The maximum atomic E-state index is 11.7. The van der Waals surface area contributed by atoms with E-state index in [1.54, 1.807) is 23.9 Å². The highest BCUT2D eigenvalue weighted by molar-refractivity contribution is 8.03. The number of carboxylic acid groups (broad SMARTS) is 1. The molecule has 3 aromatic rings. The Morgan fingerprint density at radius 2 is 1.41 bits per heavy atom. The van der Waals surface area contributed by atoms with E-state index in [2.05, 4.69) is 85.7 Å². The molecule has 308 valence electrons. The molecule has 0 radical (unpaired) electrons. The Morgan fingerprint density at radius 1 is 0.776 bits per heavy atom. The molecular weight excluding hydrogens is 793 g/mol. The Morgan fingerprint density at radius 3 is 2.09 bits per heavy atom. The predicted octanol–water partition coefficient (Wildman–Crippen LogP) is 9.49. The van der Waals surface area contributed by atoms with Crippen molar-refractivity contribution in [3.8, 4) is 0 Å². The van der Waals surface area contributed by atoms with Gasteiger partial charge < -0.3 is 10.0 Å². The number of hydrogen-bond acceptors (Lipinski definition) is 7. The predicted molar refractivity (Wildman–Crippen MR) is 233 cm³/mol. The fourth-order valence-corrected chi connectivity index (χ4v) is 10.6. The Kier molecular flexibility index (Phi) is 13.1. The van der Waals surface area contributed by atoms with Crippen LogP contribution in [0.25, 0.3) is 0 Å². The average molecular weight is 846 g/mol. The number of allylic oxidation sites excluding steroid dienone is 7. The molecule has 3 aliphatic rings. The van der Waals surface area contributed by atoms with Gasteiger partial charge in [-0.3, -0.25) is 9.11 Å². The smallest absolute Gasteiger partial charge is 0.335 e. The molecule has 2 aliphatic heterocycles. The molecule has 3 aromatic carbocycles. The van der Waals surface area contributed by atoms with Gasteiger partial charge in [-0.2, -0.15) is 21.4 Å². The number of fused-ring (bicyclic) bond motifs is 2. The molecule has 10 nitrogen and oxygen atoms in total. The number of thioether (sulfide) groups is 1. The molecule has 6 rings (SSSR count). The van der Waals surface area contributed by atoms with Crippen LogP contribution >= 0.6 is 11.8 Å². The van der Waals surface area contributed by atoms with Crippen LogP contribution in [0.4, 0.5) is 11.4 Å². The van der Waals surface area contributed by atoms with Crippen molar-refractivity contribution < 1.29 is 40.4 Å². The van der Waals surface area contributed by atoms with Crippen molar-refractivity contribution in [2.24, 2.45) is 0 Å². The van der Waals surface area contributed by atoms with Crippen molar-refractivity contribution in [3.63, 3.8) is 0 Å². The van der Waals surface area contributed by atoms with Crippen LogP contribution in [-0.2, 0) is 31.1 Å². The van der Waals surface area contributed by atoms with Gasteiger partial charge in [0.05, 0.1) is 22.5 Å². The summed E-state index contributed by atoms with van der Waals surface area (Å²) in [6.45, 7) is 9.99. The number of unbranched alkanes of at least 4 members (excludes halogenated alkanes) is 2. The summed E-state index contributed by atoms with van der Waals surface area (Å²) >= 11 is 1.62. The molecule has 58 heavy (non-hydrogen) atoms. The van der Waals surface area contributed by atoms with E-state index >= 15 is 0 Å². The lowest BCUT2D eigenvalue weighted by atomic mass is 9.81. The van der Waals surface area contributed by atoms with E-state index in [0.717, 1.165) is 63.0 Å². The van der Waals surface area contributed by atoms with E-state index in [-0.39, 0.29) is 27.9 Å². The minimum atomic E-state index is -4.05. The van der Waals surface area contributed by atoms with Gasteiger partial charge in [-0.15, -0.1) is 0 Å². The number of para-hydroxylation sites is 2.